The second kappa shape index (κ2) is 10.4. The van der Waals surface area contributed by atoms with Crippen LogP contribution in [0, 0.1) is 0 Å². The Balaban J connectivity index is 1.43. The highest BCUT2D eigenvalue weighted by Crippen LogP contribution is 2.31. The lowest BCUT2D eigenvalue weighted by Crippen LogP contribution is -2.38. The summed E-state index contributed by atoms with van der Waals surface area (Å²) in [7, 11) is 1.66. The summed E-state index contributed by atoms with van der Waals surface area (Å²) in [6, 6.07) is 13.8. The molecule has 8 nitrogen and oxygen atoms in total. The number of rotatable bonds is 7. The van der Waals surface area contributed by atoms with E-state index in [-0.39, 0.29) is 5.91 Å². The van der Waals surface area contributed by atoms with Crippen LogP contribution in [0.4, 0.5) is 11.4 Å². The van der Waals surface area contributed by atoms with E-state index >= 15 is 0 Å². The molecule has 2 aromatic carbocycles. The average Bonchev–Trinajstić information content (AvgIpc) is 3.28. The van der Waals surface area contributed by atoms with Crippen molar-refractivity contribution in [1.29, 1.82) is 0 Å². The Morgan fingerprint density at radius 3 is 2.59 bits per heavy atom. The van der Waals surface area contributed by atoms with Gasteiger partial charge in [0.25, 0.3) is 5.91 Å². The Morgan fingerprint density at radius 2 is 1.79 bits per heavy atom. The molecule has 180 valence electrons. The predicted molar refractivity (Wildman–Crippen MR) is 134 cm³/mol. The van der Waals surface area contributed by atoms with E-state index in [4.69, 9.17) is 14.6 Å². The molecule has 1 N–H and O–H groups in total. The summed E-state index contributed by atoms with van der Waals surface area (Å²) in [5.41, 5.74) is 3.18. The normalized spacial score (nSPS) is 17.1. The fourth-order valence-corrected chi connectivity index (χ4v) is 4.93. The number of benzene rings is 2. The highest BCUT2D eigenvalue weighted by atomic mass is 16.5. The van der Waals surface area contributed by atoms with Crippen LogP contribution in [0.3, 0.4) is 0 Å². The number of morpholine rings is 1. The maximum Gasteiger partial charge on any atom is 0.276 e. The average molecular weight is 464 g/mol. The van der Waals surface area contributed by atoms with Gasteiger partial charge in [-0.05, 0) is 37.5 Å². The van der Waals surface area contributed by atoms with Crippen LogP contribution < -0.4 is 15.0 Å². The number of ether oxygens (including phenoxy) is 2. The van der Waals surface area contributed by atoms with Crippen molar-refractivity contribution in [3.8, 4) is 5.75 Å². The maximum atomic E-state index is 13.5. The van der Waals surface area contributed by atoms with E-state index in [1.807, 2.05) is 41.1 Å². The number of anilines is 2. The third kappa shape index (κ3) is 4.74. The number of aromatic nitrogens is 2. The van der Waals surface area contributed by atoms with Crippen LogP contribution in [0.15, 0.2) is 42.5 Å². The van der Waals surface area contributed by atoms with Crippen LogP contribution in [0.5, 0.6) is 5.75 Å². The van der Waals surface area contributed by atoms with Crippen molar-refractivity contribution in [3.05, 3.63) is 48.2 Å². The van der Waals surface area contributed by atoms with Gasteiger partial charge in [0.1, 0.15) is 11.3 Å². The van der Waals surface area contributed by atoms with Crippen molar-refractivity contribution >= 4 is 28.2 Å². The van der Waals surface area contributed by atoms with Gasteiger partial charge in [-0.15, -0.1) is 0 Å². The van der Waals surface area contributed by atoms with Crippen molar-refractivity contribution in [2.75, 3.05) is 63.3 Å². The van der Waals surface area contributed by atoms with Crippen molar-refractivity contribution in [2.24, 2.45) is 0 Å². The zero-order valence-electron chi connectivity index (χ0n) is 19.8. The summed E-state index contributed by atoms with van der Waals surface area (Å²) >= 11 is 0. The van der Waals surface area contributed by atoms with E-state index in [1.165, 1.54) is 19.3 Å². The number of carbonyl (C=O) groups is 1. The number of carbonyl (C=O) groups excluding carboxylic acids is 1. The summed E-state index contributed by atoms with van der Waals surface area (Å²) in [6.45, 7) is 6.90. The van der Waals surface area contributed by atoms with E-state index in [9.17, 15) is 4.79 Å². The van der Waals surface area contributed by atoms with Crippen LogP contribution in [-0.4, -0.2) is 73.6 Å². The Kier molecular flexibility index (Phi) is 6.97. The third-order valence-electron chi connectivity index (χ3n) is 6.75. The van der Waals surface area contributed by atoms with Gasteiger partial charge in [0.05, 0.1) is 38.2 Å². The van der Waals surface area contributed by atoms with Crippen molar-refractivity contribution < 1.29 is 14.3 Å². The quantitative estimate of drug-likeness (QED) is 0.577. The Bertz CT molecular complexity index is 1130. The van der Waals surface area contributed by atoms with Gasteiger partial charge in [-0.3, -0.25) is 14.4 Å². The van der Waals surface area contributed by atoms with Crippen LogP contribution in [-0.2, 0) is 11.3 Å². The van der Waals surface area contributed by atoms with E-state index in [2.05, 4.69) is 21.2 Å². The number of para-hydroxylation sites is 3. The number of amides is 1. The van der Waals surface area contributed by atoms with Gasteiger partial charge in [0.2, 0.25) is 0 Å². The molecule has 0 aliphatic carbocycles. The maximum absolute atomic E-state index is 13.5. The van der Waals surface area contributed by atoms with Crippen LogP contribution in [0.25, 0.3) is 10.9 Å². The number of fused-ring (bicyclic) bond motifs is 1. The van der Waals surface area contributed by atoms with Crippen molar-refractivity contribution in [2.45, 2.75) is 25.8 Å². The van der Waals surface area contributed by atoms with E-state index < -0.39 is 0 Å². The number of nitrogens with zero attached hydrogens (tertiary/aromatic N) is 4. The van der Waals surface area contributed by atoms with E-state index in [0.29, 0.717) is 12.2 Å². The third-order valence-corrected chi connectivity index (χ3v) is 6.75. The predicted octanol–water partition coefficient (Wildman–Crippen LogP) is 3.62. The topological polar surface area (TPSA) is 71.9 Å². The van der Waals surface area contributed by atoms with Gasteiger partial charge in [-0.1, -0.05) is 24.3 Å². The first-order valence-corrected chi connectivity index (χ1v) is 12.2. The molecule has 2 saturated heterocycles. The molecule has 3 aromatic rings. The fourth-order valence-electron chi connectivity index (χ4n) is 4.93. The number of hydrogen-bond acceptors (Lipinski definition) is 6. The molecule has 0 spiro atoms. The van der Waals surface area contributed by atoms with Crippen molar-refractivity contribution in [3.63, 3.8) is 0 Å². The molecule has 2 aliphatic heterocycles. The number of nitrogens with one attached hydrogen (secondary N) is 1. The Morgan fingerprint density at radius 1 is 1.00 bits per heavy atom. The Labute approximate surface area is 200 Å². The van der Waals surface area contributed by atoms with Crippen LogP contribution >= 0.6 is 0 Å². The van der Waals surface area contributed by atoms with Gasteiger partial charge < -0.3 is 19.7 Å². The molecule has 34 heavy (non-hydrogen) atoms. The molecule has 1 amide bonds. The highest BCUT2D eigenvalue weighted by molar-refractivity contribution is 6.13. The molecule has 0 radical (unpaired) electrons. The molecule has 5 rings (SSSR count). The molecule has 0 atom stereocenters. The van der Waals surface area contributed by atoms with Crippen molar-refractivity contribution in [1.82, 2.24) is 14.7 Å². The minimum Gasteiger partial charge on any atom is -0.494 e. The number of methoxy groups -OCH3 is 1. The molecule has 0 saturated carbocycles. The molecular weight excluding hydrogens is 430 g/mol. The molecule has 8 heteroatoms. The molecular formula is C26H33N5O3. The highest BCUT2D eigenvalue weighted by Gasteiger charge is 2.22. The Hall–Kier alpha value is -3.10. The van der Waals surface area contributed by atoms with Gasteiger partial charge in [-0.25, -0.2) is 0 Å². The van der Waals surface area contributed by atoms with Crippen LogP contribution in [0.2, 0.25) is 0 Å². The molecule has 3 heterocycles. The summed E-state index contributed by atoms with van der Waals surface area (Å²) in [4.78, 5) is 18.2. The summed E-state index contributed by atoms with van der Waals surface area (Å²) < 4.78 is 13.0. The standard InChI is InChI=1S/C26H33N5O3/c1-33-23-11-7-8-20-24(28-31(25(20)23)15-14-29-16-18-34-19-17-29)26(32)27-21-9-3-4-10-22(21)30-12-5-2-6-13-30/h3-4,7-11H,2,5-6,12-19H2,1H3,(H,27,32). The van der Waals surface area contributed by atoms with Gasteiger partial charge >= 0.3 is 0 Å². The van der Waals surface area contributed by atoms with Gasteiger partial charge in [-0.2, -0.15) is 5.10 Å². The minimum atomic E-state index is -0.201. The smallest absolute Gasteiger partial charge is 0.276 e. The lowest BCUT2D eigenvalue weighted by atomic mass is 10.1. The lowest BCUT2D eigenvalue weighted by Gasteiger charge is -2.30. The summed E-state index contributed by atoms with van der Waals surface area (Å²) in [5, 5.41) is 8.72. The molecule has 2 aliphatic rings. The fraction of sp³-hybridized carbons (Fsp3) is 0.462. The van der Waals surface area contributed by atoms with Gasteiger partial charge in [0, 0.05) is 38.1 Å². The zero-order valence-corrected chi connectivity index (χ0v) is 19.8. The minimum absolute atomic E-state index is 0.201. The zero-order chi connectivity index (χ0) is 23.3. The SMILES string of the molecule is COc1cccc2c(C(=O)Nc3ccccc3N3CCCCC3)nn(CCN3CCOCC3)c12. The molecule has 0 unspecified atom stereocenters. The first kappa shape index (κ1) is 22.7. The summed E-state index contributed by atoms with van der Waals surface area (Å²) in [5.74, 6) is 0.521. The number of piperidine rings is 1. The number of hydrogen-bond donors (Lipinski definition) is 1. The monoisotopic (exact) mass is 463 g/mol. The first-order chi connectivity index (χ1) is 16.7. The molecule has 0 bridgehead atoms. The van der Waals surface area contributed by atoms with Gasteiger partial charge in [0.15, 0.2) is 5.69 Å². The largest absolute Gasteiger partial charge is 0.494 e. The lowest BCUT2D eigenvalue weighted by molar-refractivity contribution is 0.0361. The molecule has 1 aromatic heterocycles. The van der Waals surface area contributed by atoms with E-state index in [1.54, 1.807) is 7.11 Å². The summed E-state index contributed by atoms with van der Waals surface area (Å²) in [6.07, 6.45) is 3.63. The second-order valence-corrected chi connectivity index (χ2v) is 8.90. The first-order valence-electron chi connectivity index (χ1n) is 12.2. The second-order valence-electron chi connectivity index (χ2n) is 8.90. The van der Waals surface area contributed by atoms with Crippen LogP contribution in [0.1, 0.15) is 29.8 Å². The molecule has 2 fully saturated rings. The van der Waals surface area contributed by atoms with E-state index in [0.717, 1.165) is 74.0 Å².